The highest BCUT2D eigenvalue weighted by atomic mass is 16.6. The van der Waals surface area contributed by atoms with E-state index in [1.807, 2.05) is 20.8 Å². The molecule has 1 aliphatic rings. The van der Waals surface area contributed by atoms with Crippen LogP contribution >= 0.6 is 0 Å². The van der Waals surface area contributed by atoms with Crippen molar-refractivity contribution in [2.75, 3.05) is 32.7 Å². The third kappa shape index (κ3) is 4.35. The smallest absolute Gasteiger partial charge is 0.410 e. The zero-order chi connectivity index (χ0) is 14.6. The lowest BCUT2D eigenvalue weighted by molar-refractivity contribution is 0.0279. The summed E-state index contributed by atoms with van der Waals surface area (Å²) in [6, 6.07) is 0.354. The molecule has 5 heteroatoms. The molecule has 0 radical (unpaired) electrons. The van der Waals surface area contributed by atoms with Gasteiger partial charge in [-0.15, -0.1) is 0 Å². The van der Waals surface area contributed by atoms with Crippen LogP contribution in [0.4, 0.5) is 4.79 Å². The summed E-state index contributed by atoms with van der Waals surface area (Å²) in [5.41, 5.74) is 5.41. The molecule has 19 heavy (non-hydrogen) atoms. The van der Waals surface area contributed by atoms with Crippen molar-refractivity contribution in [1.82, 2.24) is 9.80 Å². The van der Waals surface area contributed by atoms with Gasteiger partial charge in [0.05, 0.1) is 0 Å². The van der Waals surface area contributed by atoms with Crippen LogP contribution in [0.5, 0.6) is 0 Å². The number of carbonyl (C=O) groups is 1. The van der Waals surface area contributed by atoms with Gasteiger partial charge in [-0.3, -0.25) is 4.90 Å². The number of likely N-dealkylation sites (tertiary alicyclic amines) is 1. The summed E-state index contributed by atoms with van der Waals surface area (Å²) >= 11 is 0. The molecule has 1 saturated heterocycles. The van der Waals surface area contributed by atoms with E-state index in [-0.39, 0.29) is 6.09 Å². The maximum atomic E-state index is 12.1. The molecule has 112 valence electrons. The molecule has 0 unspecified atom stereocenters. The Morgan fingerprint density at radius 3 is 2.32 bits per heavy atom. The summed E-state index contributed by atoms with van der Waals surface area (Å²) in [5.74, 6) is 0.340. The van der Waals surface area contributed by atoms with Crippen LogP contribution in [-0.2, 0) is 4.74 Å². The molecule has 0 spiro atoms. The van der Waals surface area contributed by atoms with Crippen LogP contribution < -0.4 is 5.73 Å². The molecule has 0 aromatic rings. The minimum atomic E-state index is -0.442. The summed E-state index contributed by atoms with van der Waals surface area (Å²) in [4.78, 5) is 16.3. The second-order valence-electron chi connectivity index (χ2n) is 6.17. The van der Waals surface area contributed by atoms with Crippen LogP contribution in [0.1, 0.15) is 34.6 Å². The zero-order valence-corrected chi connectivity index (χ0v) is 13.0. The standard InChI is InChI=1S/C14H29N3O2/c1-6-16(7-2)12-10-17(9-11(12)8-15)13(18)19-14(3,4)5/h11-12H,6-10,15H2,1-5H3/t11-,12-/m1/s1. The minimum absolute atomic E-state index is 0.222. The van der Waals surface area contributed by atoms with Gasteiger partial charge in [0.2, 0.25) is 0 Å². The number of rotatable bonds is 4. The average molecular weight is 271 g/mol. The molecule has 1 heterocycles. The lowest BCUT2D eigenvalue weighted by Gasteiger charge is -2.29. The fraction of sp³-hybridized carbons (Fsp3) is 0.929. The van der Waals surface area contributed by atoms with E-state index >= 15 is 0 Å². The quantitative estimate of drug-likeness (QED) is 0.842. The Morgan fingerprint density at radius 1 is 1.32 bits per heavy atom. The van der Waals surface area contributed by atoms with Crippen LogP contribution in [0, 0.1) is 5.92 Å². The van der Waals surface area contributed by atoms with Crippen molar-refractivity contribution in [3.8, 4) is 0 Å². The van der Waals surface area contributed by atoms with Crippen molar-refractivity contribution in [2.24, 2.45) is 11.7 Å². The molecule has 0 aromatic heterocycles. The molecule has 0 bridgehead atoms. The summed E-state index contributed by atoms with van der Waals surface area (Å²) in [5, 5.41) is 0. The van der Waals surface area contributed by atoms with Crippen molar-refractivity contribution < 1.29 is 9.53 Å². The van der Waals surface area contributed by atoms with E-state index in [0.717, 1.165) is 19.6 Å². The molecule has 2 N–H and O–H groups in total. The first kappa shape index (κ1) is 16.2. The predicted molar refractivity (Wildman–Crippen MR) is 77.1 cm³/mol. The number of hydrogen-bond acceptors (Lipinski definition) is 4. The second kappa shape index (κ2) is 6.57. The fourth-order valence-electron chi connectivity index (χ4n) is 2.67. The van der Waals surface area contributed by atoms with Crippen molar-refractivity contribution >= 4 is 6.09 Å². The Labute approximate surface area is 117 Å². The number of carbonyl (C=O) groups excluding carboxylic acids is 1. The Hall–Kier alpha value is -0.810. The molecule has 1 amide bonds. The molecule has 1 aliphatic heterocycles. The Bertz CT molecular complexity index is 298. The number of likely N-dealkylation sites (N-methyl/N-ethyl adjacent to an activating group) is 1. The molecule has 1 rings (SSSR count). The number of nitrogens with zero attached hydrogens (tertiary/aromatic N) is 2. The maximum Gasteiger partial charge on any atom is 0.410 e. The molecular formula is C14H29N3O2. The van der Waals surface area contributed by atoms with Crippen LogP contribution in [0.2, 0.25) is 0 Å². The van der Waals surface area contributed by atoms with E-state index in [0.29, 0.717) is 25.0 Å². The second-order valence-corrected chi connectivity index (χ2v) is 6.17. The highest BCUT2D eigenvalue weighted by Gasteiger charge is 2.38. The zero-order valence-electron chi connectivity index (χ0n) is 13.0. The van der Waals surface area contributed by atoms with E-state index in [2.05, 4.69) is 18.7 Å². The molecular weight excluding hydrogens is 242 g/mol. The molecule has 1 fully saturated rings. The maximum absolute atomic E-state index is 12.1. The van der Waals surface area contributed by atoms with Crippen LogP contribution in [-0.4, -0.2) is 60.3 Å². The Kier molecular flexibility index (Phi) is 5.62. The van der Waals surface area contributed by atoms with Gasteiger partial charge in [-0.2, -0.15) is 0 Å². The van der Waals surface area contributed by atoms with E-state index < -0.39 is 5.60 Å². The highest BCUT2D eigenvalue weighted by molar-refractivity contribution is 5.68. The molecule has 0 saturated carbocycles. The minimum Gasteiger partial charge on any atom is -0.444 e. The third-order valence-corrected chi connectivity index (χ3v) is 3.64. The largest absolute Gasteiger partial charge is 0.444 e. The van der Waals surface area contributed by atoms with E-state index in [4.69, 9.17) is 10.5 Å². The van der Waals surface area contributed by atoms with Gasteiger partial charge in [0.1, 0.15) is 5.60 Å². The van der Waals surface area contributed by atoms with E-state index in [1.54, 1.807) is 4.90 Å². The third-order valence-electron chi connectivity index (χ3n) is 3.64. The van der Waals surface area contributed by atoms with Crippen molar-refractivity contribution in [2.45, 2.75) is 46.3 Å². The summed E-state index contributed by atoms with van der Waals surface area (Å²) in [6.07, 6.45) is -0.222. The van der Waals surface area contributed by atoms with Gasteiger partial charge in [0.15, 0.2) is 0 Å². The first-order chi connectivity index (χ1) is 8.82. The van der Waals surface area contributed by atoms with Crippen LogP contribution in [0.25, 0.3) is 0 Å². The first-order valence-electron chi connectivity index (χ1n) is 7.24. The van der Waals surface area contributed by atoms with Crippen molar-refractivity contribution in [3.05, 3.63) is 0 Å². The van der Waals surface area contributed by atoms with Gasteiger partial charge in [-0.05, 0) is 40.4 Å². The van der Waals surface area contributed by atoms with Gasteiger partial charge < -0.3 is 15.4 Å². The number of amides is 1. The summed E-state index contributed by atoms with van der Waals surface area (Å²) in [7, 11) is 0. The predicted octanol–water partition coefficient (Wildman–Crippen LogP) is 1.52. The summed E-state index contributed by atoms with van der Waals surface area (Å²) < 4.78 is 5.44. The van der Waals surface area contributed by atoms with Crippen LogP contribution in [0.3, 0.4) is 0 Å². The van der Waals surface area contributed by atoms with Crippen LogP contribution in [0.15, 0.2) is 0 Å². The fourth-order valence-corrected chi connectivity index (χ4v) is 2.67. The molecule has 0 aliphatic carbocycles. The monoisotopic (exact) mass is 271 g/mol. The van der Waals surface area contributed by atoms with Gasteiger partial charge in [0.25, 0.3) is 0 Å². The average Bonchev–Trinajstić information content (AvgIpc) is 2.73. The number of nitrogens with two attached hydrogens (primary N) is 1. The van der Waals surface area contributed by atoms with E-state index in [9.17, 15) is 4.79 Å². The molecule has 0 aromatic carbocycles. The normalized spacial score (nSPS) is 24.1. The highest BCUT2D eigenvalue weighted by Crippen LogP contribution is 2.23. The lowest BCUT2D eigenvalue weighted by Crippen LogP contribution is -2.43. The Morgan fingerprint density at radius 2 is 1.89 bits per heavy atom. The number of hydrogen-bond donors (Lipinski definition) is 1. The number of ether oxygens (including phenoxy) is 1. The van der Waals surface area contributed by atoms with Crippen molar-refractivity contribution in [1.29, 1.82) is 0 Å². The SMILES string of the molecule is CCN(CC)[C@@H]1CN(C(=O)OC(C)(C)C)C[C@H]1CN. The summed E-state index contributed by atoms with van der Waals surface area (Å²) in [6.45, 7) is 14.0. The topological polar surface area (TPSA) is 58.8 Å². The molecule has 5 nitrogen and oxygen atoms in total. The first-order valence-corrected chi connectivity index (χ1v) is 7.24. The van der Waals surface area contributed by atoms with Gasteiger partial charge in [-0.1, -0.05) is 13.8 Å². The lowest BCUT2D eigenvalue weighted by atomic mass is 10.0. The Balaban J connectivity index is 2.68. The van der Waals surface area contributed by atoms with Gasteiger partial charge in [0, 0.05) is 25.0 Å². The van der Waals surface area contributed by atoms with Crippen molar-refractivity contribution in [3.63, 3.8) is 0 Å². The van der Waals surface area contributed by atoms with Gasteiger partial charge >= 0.3 is 6.09 Å². The molecule has 2 atom stereocenters. The van der Waals surface area contributed by atoms with E-state index in [1.165, 1.54) is 0 Å². The van der Waals surface area contributed by atoms with Gasteiger partial charge in [-0.25, -0.2) is 4.79 Å².